The number of ether oxygens (including phenoxy) is 1. The molecule has 0 radical (unpaired) electrons. The molecule has 1 aromatic carbocycles. The van der Waals surface area contributed by atoms with Crippen LogP contribution in [0.3, 0.4) is 0 Å². The van der Waals surface area contributed by atoms with Gasteiger partial charge in [-0.25, -0.2) is 21.5 Å². The van der Waals surface area contributed by atoms with Crippen LogP contribution in [0.15, 0.2) is 23.1 Å². The molecule has 0 spiro atoms. The van der Waals surface area contributed by atoms with Crippen molar-refractivity contribution < 1.29 is 21.9 Å². The molecule has 1 aromatic rings. The van der Waals surface area contributed by atoms with Crippen molar-refractivity contribution in [1.29, 1.82) is 0 Å². The molecular formula is C10H14F2N2O3S. The summed E-state index contributed by atoms with van der Waals surface area (Å²) in [4.78, 5) is -0.0191. The lowest BCUT2D eigenvalue weighted by Gasteiger charge is -2.13. The molecule has 102 valence electrons. The number of nitrogens with zero attached hydrogens (tertiary/aromatic N) is 1. The van der Waals surface area contributed by atoms with Gasteiger partial charge in [0.05, 0.1) is 10.6 Å². The van der Waals surface area contributed by atoms with Gasteiger partial charge in [0.25, 0.3) is 6.43 Å². The second-order valence-electron chi connectivity index (χ2n) is 3.69. The number of hydrogen-bond donors (Lipinski definition) is 1. The van der Waals surface area contributed by atoms with Gasteiger partial charge >= 0.3 is 0 Å². The summed E-state index contributed by atoms with van der Waals surface area (Å²) in [5, 5.41) is 0. The first kappa shape index (κ1) is 14.7. The largest absolute Gasteiger partial charge is 0.485 e. The van der Waals surface area contributed by atoms with Crippen molar-refractivity contribution in [3.05, 3.63) is 18.2 Å². The normalized spacial score (nSPS) is 12.1. The zero-order valence-corrected chi connectivity index (χ0v) is 10.7. The molecule has 0 unspecified atom stereocenters. The quantitative estimate of drug-likeness (QED) is 0.822. The van der Waals surface area contributed by atoms with E-state index in [2.05, 4.69) is 0 Å². The number of hydrogen-bond acceptors (Lipinski definition) is 4. The Morgan fingerprint density at radius 3 is 2.44 bits per heavy atom. The summed E-state index contributed by atoms with van der Waals surface area (Å²) in [7, 11) is -0.834. The van der Waals surface area contributed by atoms with Gasteiger partial charge in [0.2, 0.25) is 10.0 Å². The van der Waals surface area contributed by atoms with E-state index in [1.807, 2.05) is 0 Å². The number of nitrogens with two attached hydrogens (primary N) is 1. The van der Waals surface area contributed by atoms with E-state index < -0.39 is 23.1 Å². The first-order valence-corrected chi connectivity index (χ1v) is 6.42. The van der Waals surface area contributed by atoms with E-state index in [0.717, 1.165) is 4.31 Å². The predicted octanol–water partition coefficient (Wildman–Crippen LogP) is 1.16. The second kappa shape index (κ2) is 5.49. The Morgan fingerprint density at radius 2 is 2.00 bits per heavy atom. The highest BCUT2D eigenvalue weighted by molar-refractivity contribution is 7.89. The number of halogens is 2. The molecule has 0 amide bonds. The topological polar surface area (TPSA) is 72.6 Å². The molecule has 0 aliphatic heterocycles. The molecule has 0 bridgehead atoms. The van der Waals surface area contributed by atoms with Gasteiger partial charge in [-0.05, 0) is 18.2 Å². The number of sulfonamides is 1. The summed E-state index contributed by atoms with van der Waals surface area (Å²) < 4.78 is 53.2. The van der Waals surface area contributed by atoms with Gasteiger partial charge in [-0.2, -0.15) is 0 Å². The SMILES string of the molecule is CN(C)S(=O)(=O)c1ccc(OCC(F)F)c(N)c1. The molecule has 5 nitrogen and oxygen atoms in total. The zero-order valence-electron chi connectivity index (χ0n) is 9.93. The maximum Gasteiger partial charge on any atom is 0.272 e. The van der Waals surface area contributed by atoms with Crippen molar-refractivity contribution in [3.8, 4) is 5.75 Å². The monoisotopic (exact) mass is 280 g/mol. The minimum Gasteiger partial charge on any atom is -0.485 e. The molecule has 0 aromatic heterocycles. The molecule has 0 aliphatic rings. The molecule has 8 heteroatoms. The van der Waals surface area contributed by atoms with Crippen LogP contribution in [0.5, 0.6) is 5.75 Å². The van der Waals surface area contributed by atoms with E-state index in [-0.39, 0.29) is 16.3 Å². The van der Waals surface area contributed by atoms with Crippen LogP contribution >= 0.6 is 0 Å². The van der Waals surface area contributed by atoms with E-state index in [1.165, 1.54) is 32.3 Å². The van der Waals surface area contributed by atoms with Gasteiger partial charge in [0, 0.05) is 14.1 Å². The van der Waals surface area contributed by atoms with Crippen LogP contribution in [0, 0.1) is 0 Å². The number of nitrogen functional groups attached to an aromatic ring is 1. The van der Waals surface area contributed by atoms with Gasteiger partial charge in [-0.3, -0.25) is 0 Å². The Bertz CT molecular complexity index is 518. The molecule has 0 aliphatic carbocycles. The summed E-state index contributed by atoms with van der Waals surface area (Å²) in [6.07, 6.45) is -2.62. The highest BCUT2D eigenvalue weighted by atomic mass is 32.2. The van der Waals surface area contributed by atoms with Crippen molar-refractivity contribution >= 4 is 15.7 Å². The minimum absolute atomic E-state index is 0.00132. The van der Waals surface area contributed by atoms with Gasteiger partial charge in [0.1, 0.15) is 12.4 Å². The Labute approximate surface area is 104 Å². The number of rotatable bonds is 5. The number of alkyl halides is 2. The van der Waals surface area contributed by atoms with Gasteiger partial charge < -0.3 is 10.5 Å². The summed E-state index contributed by atoms with van der Waals surface area (Å²) in [6.45, 7) is -0.788. The van der Waals surface area contributed by atoms with E-state index in [0.29, 0.717) is 0 Å². The van der Waals surface area contributed by atoms with Crippen molar-refractivity contribution in [2.45, 2.75) is 11.3 Å². The lowest BCUT2D eigenvalue weighted by Crippen LogP contribution is -2.22. The van der Waals surface area contributed by atoms with Crippen molar-refractivity contribution in [2.24, 2.45) is 0 Å². The van der Waals surface area contributed by atoms with Crippen molar-refractivity contribution in [2.75, 3.05) is 26.4 Å². The predicted molar refractivity (Wildman–Crippen MR) is 63.2 cm³/mol. The summed E-state index contributed by atoms with van der Waals surface area (Å²) in [6, 6.07) is 3.69. The summed E-state index contributed by atoms with van der Waals surface area (Å²) in [5.74, 6) is 0.0352. The van der Waals surface area contributed by atoms with Crippen LogP contribution in [0.1, 0.15) is 0 Å². The van der Waals surface area contributed by atoms with Crippen LogP contribution in [0.2, 0.25) is 0 Å². The standard InChI is InChI=1S/C10H14F2N2O3S/c1-14(2)18(15,16)7-3-4-9(8(13)5-7)17-6-10(11)12/h3-5,10H,6,13H2,1-2H3. The first-order chi connectivity index (χ1) is 8.25. The Morgan fingerprint density at radius 1 is 1.39 bits per heavy atom. The van der Waals surface area contributed by atoms with E-state index >= 15 is 0 Å². The molecule has 2 N–H and O–H groups in total. The van der Waals surface area contributed by atoms with E-state index in [9.17, 15) is 17.2 Å². The molecule has 1 rings (SSSR count). The molecule has 0 saturated heterocycles. The molecule has 0 fully saturated rings. The van der Waals surface area contributed by atoms with Crippen molar-refractivity contribution in [3.63, 3.8) is 0 Å². The maximum absolute atomic E-state index is 12.0. The second-order valence-corrected chi connectivity index (χ2v) is 5.84. The van der Waals surface area contributed by atoms with E-state index in [1.54, 1.807) is 0 Å². The lowest BCUT2D eigenvalue weighted by atomic mass is 10.3. The molecule has 0 saturated carbocycles. The average Bonchev–Trinajstić information content (AvgIpc) is 2.26. The Balaban J connectivity index is 3.00. The summed E-state index contributed by atoms with van der Waals surface area (Å²) in [5.41, 5.74) is 5.55. The van der Waals surface area contributed by atoms with Crippen LogP contribution in [-0.4, -0.2) is 39.9 Å². The average molecular weight is 280 g/mol. The van der Waals surface area contributed by atoms with Gasteiger partial charge in [-0.15, -0.1) is 0 Å². The molecular weight excluding hydrogens is 266 g/mol. The maximum atomic E-state index is 12.0. The molecule has 0 heterocycles. The Hall–Kier alpha value is -1.41. The molecule has 0 atom stereocenters. The highest BCUT2D eigenvalue weighted by Crippen LogP contribution is 2.26. The van der Waals surface area contributed by atoms with Crippen LogP contribution in [0.25, 0.3) is 0 Å². The van der Waals surface area contributed by atoms with Crippen molar-refractivity contribution in [1.82, 2.24) is 4.31 Å². The number of benzene rings is 1. The highest BCUT2D eigenvalue weighted by Gasteiger charge is 2.18. The Kier molecular flexibility index (Phi) is 4.47. The zero-order chi connectivity index (χ0) is 13.9. The van der Waals surface area contributed by atoms with Gasteiger partial charge in [0.15, 0.2) is 0 Å². The van der Waals surface area contributed by atoms with Crippen LogP contribution < -0.4 is 10.5 Å². The summed E-state index contributed by atoms with van der Waals surface area (Å²) >= 11 is 0. The van der Waals surface area contributed by atoms with E-state index in [4.69, 9.17) is 10.5 Å². The fourth-order valence-corrected chi connectivity index (χ4v) is 2.12. The third kappa shape index (κ3) is 3.30. The third-order valence-corrected chi connectivity index (χ3v) is 3.94. The van der Waals surface area contributed by atoms with Crippen LogP contribution in [0.4, 0.5) is 14.5 Å². The third-order valence-electron chi connectivity index (χ3n) is 2.12. The lowest BCUT2D eigenvalue weighted by molar-refractivity contribution is 0.0822. The fraction of sp³-hybridized carbons (Fsp3) is 0.400. The number of anilines is 1. The first-order valence-electron chi connectivity index (χ1n) is 4.98. The molecule has 18 heavy (non-hydrogen) atoms. The smallest absolute Gasteiger partial charge is 0.272 e. The van der Waals surface area contributed by atoms with Crippen LogP contribution in [-0.2, 0) is 10.0 Å². The van der Waals surface area contributed by atoms with Gasteiger partial charge in [-0.1, -0.05) is 0 Å². The fourth-order valence-electron chi connectivity index (χ4n) is 1.18. The minimum atomic E-state index is -3.60.